The van der Waals surface area contributed by atoms with Crippen molar-refractivity contribution in [3.8, 4) is 5.75 Å². The third-order valence-corrected chi connectivity index (χ3v) is 4.29. The minimum Gasteiger partial charge on any atom is -0.465 e. The summed E-state index contributed by atoms with van der Waals surface area (Å²) in [5, 5.41) is 0. The van der Waals surface area contributed by atoms with E-state index in [2.05, 4.69) is 19.4 Å². The van der Waals surface area contributed by atoms with Crippen molar-refractivity contribution in [1.29, 1.82) is 0 Å². The van der Waals surface area contributed by atoms with Gasteiger partial charge >= 0.3 is 17.9 Å². The molecule has 0 unspecified atom stereocenters. The molecule has 3 rings (SSSR count). The Morgan fingerprint density at radius 1 is 0.931 bits per heavy atom. The highest BCUT2D eigenvalue weighted by molar-refractivity contribution is 5.97. The third kappa shape index (κ3) is 4.88. The van der Waals surface area contributed by atoms with Gasteiger partial charge in [-0.2, -0.15) is 0 Å². The lowest BCUT2D eigenvalue weighted by Gasteiger charge is -2.28. The normalized spacial score (nSPS) is 13.5. The van der Waals surface area contributed by atoms with Crippen molar-refractivity contribution in [3.05, 3.63) is 53.3 Å². The van der Waals surface area contributed by atoms with Crippen LogP contribution in [0.15, 0.2) is 36.5 Å². The first kappa shape index (κ1) is 20.3. The number of aromatic nitrogens is 1. The second kappa shape index (κ2) is 9.16. The Morgan fingerprint density at radius 2 is 1.55 bits per heavy atom. The van der Waals surface area contributed by atoms with E-state index >= 15 is 0 Å². The van der Waals surface area contributed by atoms with Crippen LogP contribution < -0.4 is 9.64 Å². The molecule has 1 aromatic carbocycles. The summed E-state index contributed by atoms with van der Waals surface area (Å²) in [6.45, 7) is 2.64. The number of rotatable bonds is 5. The van der Waals surface area contributed by atoms with Crippen LogP contribution in [0.3, 0.4) is 0 Å². The number of hydrogen-bond acceptors (Lipinski definition) is 9. The van der Waals surface area contributed by atoms with Crippen molar-refractivity contribution >= 4 is 23.6 Å². The van der Waals surface area contributed by atoms with Gasteiger partial charge in [0, 0.05) is 25.0 Å². The number of nitrogens with zero attached hydrogens (tertiary/aromatic N) is 2. The topological polar surface area (TPSA) is 104 Å². The predicted molar refractivity (Wildman–Crippen MR) is 101 cm³/mol. The molecule has 0 bridgehead atoms. The van der Waals surface area contributed by atoms with E-state index in [1.807, 2.05) is 0 Å². The molecule has 0 spiro atoms. The molecule has 2 heterocycles. The lowest BCUT2D eigenvalue weighted by atomic mass is 10.1. The summed E-state index contributed by atoms with van der Waals surface area (Å²) < 4.78 is 20.0. The van der Waals surface area contributed by atoms with E-state index in [0.29, 0.717) is 26.3 Å². The molecular weight excluding hydrogens is 380 g/mol. The Labute approximate surface area is 167 Å². The van der Waals surface area contributed by atoms with E-state index in [1.165, 1.54) is 38.6 Å². The van der Waals surface area contributed by atoms with E-state index in [-0.39, 0.29) is 22.6 Å². The number of ether oxygens (including phenoxy) is 4. The van der Waals surface area contributed by atoms with E-state index in [0.717, 1.165) is 5.69 Å². The van der Waals surface area contributed by atoms with Crippen LogP contribution in [-0.4, -0.2) is 63.4 Å². The average molecular weight is 400 g/mol. The molecule has 9 heteroatoms. The molecule has 0 N–H and O–H groups in total. The quantitative estimate of drug-likeness (QED) is 0.548. The number of anilines is 1. The number of methoxy groups -OCH3 is 2. The molecule has 1 aromatic heterocycles. The number of esters is 3. The molecule has 0 atom stereocenters. The Balaban J connectivity index is 1.84. The van der Waals surface area contributed by atoms with E-state index in [9.17, 15) is 14.4 Å². The number of benzene rings is 1. The van der Waals surface area contributed by atoms with Crippen molar-refractivity contribution in [2.24, 2.45) is 0 Å². The van der Waals surface area contributed by atoms with E-state index in [1.54, 1.807) is 12.1 Å². The number of pyridine rings is 1. The van der Waals surface area contributed by atoms with Gasteiger partial charge in [0.05, 0.1) is 38.6 Å². The molecule has 1 saturated heterocycles. The Bertz CT molecular complexity index is 889. The van der Waals surface area contributed by atoms with Gasteiger partial charge in [0.1, 0.15) is 5.75 Å². The zero-order chi connectivity index (χ0) is 20.8. The first-order chi connectivity index (χ1) is 14.0. The molecule has 1 aliphatic heterocycles. The standard InChI is InChI=1S/C20H20N2O7/c1-26-18(23)13-9-14(19(24)27-2)11-16(10-13)29-20(25)17-12-15(3-4-21-17)22-5-7-28-8-6-22/h3-4,9-12H,5-8H2,1-2H3. The molecular formula is C20H20N2O7. The molecule has 0 radical (unpaired) electrons. The summed E-state index contributed by atoms with van der Waals surface area (Å²) in [6, 6.07) is 7.34. The number of carbonyl (C=O) groups excluding carboxylic acids is 3. The summed E-state index contributed by atoms with van der Waals surface area (Å²) in [5.41, 5.74) is 1.02. The first-order valence-electron chi connectivity index (χ1n) is 8.84. The van der Waals surface area contributed by atoms with Gasteiger partial charge in [-0.15, -0.1) is 0 Å². The zero-order valence-corrected chi connectivity index (χ0v) is 16.0. The number of carbonyl (C=O) groups is 3. The maximum absolute atomic E-state index is 12.6. The number of hydrogen-bond donors (Lipinski definition) is 0. The van der Waals surface area contributed by atoms with Crippen LogP contribution in [0.1, 0.15) is 31.2 Å². The molecule has 2 aromatic rings. The largest absolute Gasteiger partial charge is 0.465 e. The van der Waals surface area contributed by atoms with Crippen molar-refractivity contribution in [2.75, 3.05) is 45.4 Å². The van der Waals surface area contributed by atoms with Crippen molar-refractivity contribution < 1.29 is 33.3 Å². The van der Waals surface area contributed by atoms with Gasteiger partial charge in [-0.05, 0) is 30.3 Å². The molecule has 1 aliphatic rings. The van der Waals surface area contributed by atoms with Gasteiger partial charge in [0.25, 0.3) is 0 Å². The molecule has 0 saturated carbocycles. The average Bonchev–Trinajstić information content (AvgIpc) is 2.78. The Kier molecular flexibility index (Phi) is 6.40. The summed E-state index contributed by atoms with van der Waals surface area (Å²) in [4.78, 5) is 42.5. The highest BCUT2D eigenvalue weighted by Crippen LogP contribution is 2.21. The molecule has 9 nitrogen and oxygen atoms in total. The molecule has 0 aliphatic carbocycles. The minimum atomic E-state index is -0.724. The van der Waals surface area contributed by atoms with Crippen LogP contribution in [0, 0.1) is 0 Å². The van der Waals surface area contributed by atoms with E-state index in [4.69, 9.17) is 9.47 Å². The highest BCUT2D eigenvalue weighted by atomic mass is 16.5. The SMILES string of the molecule is COC(=O)c1cc(OC(=O)c2cc(N3CCOCC3)ccn2)cc(C(=O)OC)c1. The summed E-state index contributed by atoms with van der Waals surface area (Å²) in [5.74, 6) is -2.09. The van der Waals surface area contributed by atoms with Crippen molar-refractivity contribution in [2.45, 2.75) is 0 Å². The molecule has 29 heavy (non-hydrogen) atoms. The summed E-state index contributed by atoms with van der Waals surface area (Å²) in [7, 11) is 2.42. The van der Waals surface area contributed by atoms with Crippen molar-refractivity contribution in [1.82, 2.24) is 4.98 Å². The lowest BCUT2D eigenvalue weighted by Crippen LogP contribution is -2.36. The van der Waals surface area contributed by atoms with Gasteiger partial charge in [0.2, 0.25) is 0 Å². The predicted octanol–water partition coefficient (Wildman–Crippen LogP) is 1.71. The fourth-order valence-corrected chi connectivity index (χ4v) is 2.84. The lowest BCUT2D eigenvalue weighted by molar-refractivity contribution is 0.0593. The fraction of sp³-hybridized carbons (Fsp3) is 0.300. The maximum Gasteiger partial charge on any atom is 0.362 e. The van der Waals surface area contributed by atoms with Gasteiger partial charge in [-0.1, -0.05) is 0 Å². The second-order valence-electron chi connectivity index (χ2n) is 6.12. The maximum atomic E-state index is 12.6. The minimum absolute atomic E-state index is 0.00289. The molecule has 0 amide bonds. The summed E-state index contributed by atoms with van der Waals surface area (Å²) in [6.07, 6.45) is 1.52. The second-order valence-corrected chi connectivity index (χ2v) is 6.12. The zero-order valence-electron chi connectivity index (χ0n) is 16.0. The third-order valence-electron chi connectivity index (χ3n) is 4.29. The van der Waals surface area contributed by atoms with Gasteiger partial charge in [0.15, 0.2) is 5.69 Å². The smallest absolute Gasteiger partial charge is 0.362 e. The van der Waals surface area contributed by atoms with Gasteiger partial charge < -0.3 is 23.8 Å². The van der Waals surface area contributed by atoms with Crippen LogP contribution in [0.25, 0.3) is 0 Å². The van der Waals surface area contributed by atoms with Crippen LogP contribution in [0.2, 0.25) is 0 Å². The Morgan fingerprint density at radius 3 is 2.14 bits per heavy atom. The van der Waals surface area contributed by atoms with Crippen LogP contribution in [-0.2, 0) is 14.2 Å². The van der Waals surface area contributed by atoms with Crippen LogP contribution in [0.5, 0.6) is 5.75 Å². The van der Waals surface area contributed by atoms with Crippen LogP contribution >= 0.6 is 0 Å². The van der Waals surface area contributed by atoms with Gasteiger partial charge in [-0.3, -0.25) is 0 Å². The molecule has 1 fully saturated rings. The van der Waals surface area contributed by atoms with E-state index < -0.39 is 17.9 Å². The highest BCUT2D eigenvalue weighted by Gasteiger charge is 2.19. The number of morpholine rings is 1. The molecule has 152 valence electrons. The van der Waals surface area contributed by atoms with Gasteiger partial charge in [-0.25, -0.2) is 19.4 Å². The van der Waals surface area contributed by atoms with Crippen molar-refractivity contribution in [3.63, 3.8) is 0 Å². The fourth-order valence-electron chi connectivity index (χ4n) is 2.84. The summed E-state index contributed by atoms with van der Waals surface area (Å²) >= 11 is 0. The van der Waals surface area contributed by atoms with Crippen LogP contribution in [0.4, 0.5) is 5.69 Å². The monoisotopic (exact) mass is 400 g/mol. The Hall–Kier alpha value is -3.46. The first-order valence-corrected chi connectivity index (χ1v) is 8.84.